The Hall–Kier alpha value is -1.51. The summed E-state index contributed by atoms with van der Waals surface area (Å²) in [5, 5.41) is 3.05. The van der Waals surface area contributed by atoms with Gasteiger partial charge in [-0.3, -0.25) is 4.79 Å². The topological polar surface area (TPSA) is 38.3 Å². The van der Waals surface area contributed by atoms with Crippen LogP contribution in [-0.4, -0.2) is 18.9 Å². The highest BCUT2D eigenvalue weighted by Gasteiger charge is 2.18. The first-order valence-corrected chi connectivity index (χ1v) is 5.35. The molecule has 1 aromatic carbocycles. The molecule has 1 aliphatic heterocycles. The highest BCUT2D eigenvalue weighted by Crippen LogP contribution is 2.26. The van der Waals surface area contributed by atoms with Gasteiger partial charge in [0.05, 0.1) is 13.2 Å². The van der Waals surface area contributed by atoms with Crippen LogP contribution in [0.5, 0.6) is 5.75 Å². The zero-order valence-electron chi connectivity index (χ0n) is 8.88. The fourth-order valence-electron chi connectivity index (χ4n) is 1.61. The third kappa shape index (κ3) is 2.12. The molecule has 2 rings (SSSR count). The molecule has 0 atom stereocenters. The van der Waals surface area contributed by atoms with Crippen LogP contribution < -0.4 is 10.1 Å². The lowest BCUT2D eigenvalue weighted by atomic mass is 10.1. The van der Waals surface area contributed by atoms with Gasteiger partial charge in [0.15, 0.2) is 5.78 Å². The monoisotopic (exact) mass is 205 g/mol. The smallest absolute Gasteiger partial charge is 0.183 e. The average Bonchev–Trinajstić information content (AvgIpc) is 2.61. The molecule has 1 heterocycles. The maximum absolute atomic E-state index is 11.3. The van der Waals surface area contributed by atoms with Crippen LogP contribution >= 0.6 is 0 Å². The van der Waals surface area contributed by atoms with Gasteiger partial charge in [0.1, 0.15) is 5.75 Å². The first-order valence-electron chi connectivity index (χ1n) is 5.35. The maximum atomic E-state index is 11.3. The zero-order chi connectivity index (χ0) is 10.7. The molecule has 3 heteroatoms. The second-order valence-electron chi connectivity index (χ2n) is 3.69. The van der Waals surface area contributed by atoms with Crippen LogP contribution in [-0.2, 0) is 0 Å². The SMILES string of the molecule is CCCCOc1ccc2c(c1)NCC2=O. The van der Waals surface area contributed by atoms with E-state index in [4.69, 9.17) is 4.74 Å². The number of hydrogen-bond acceptors (Lipinski definition) is 3. The lowest BCUT2D eigenvalue weighted by Gasteiger charge is -2.06. The number of nitrogens with one attached hydrogen (secondary N) is 1. The van der Waals surface area contributed by atoms with Gasteiger partial charge in [-0.2, -0.15) is 0 Å². The molecule has 15 heavy (non-hydrogen) atoms. The second kappa shape index (κ2) is 4.34. The predicted molar refractivity (Wildman–Crippen MR) is 59.7 cm³/mol. The number of carbonyl (C=O) groups is 1. The van der Waals surface area contributed by atoms with Gasteiger partial charge in [-0.15, -0.1) is 0 Å². The Balaban J connectivity index is 2.06. The summed E-state index contributed by atoms with van der Waals surface area (Å²) in [6.45, 7) is 3.28. The third-order valence-corrected chi connectivity index (χ3v) is 2.50. The van der Waals surface area contributed by atoms with Crippen molar-refractivity contribution in [2.75, 3.05) is 18.5 Å². The summed E-state index contributed by atoms with van der Waals surface area (Å²) in [6, 6.07) is 5.59. The van der Waals surface area contributed by atoms with Crippen molar-refractivity contribution in [3.8, 4) is 5.75 Å². The molecular weight excluding hydrogens is 190 g/mol. The van der Waals surface area contributed by atoms with Crippen molar-refractivity contribution in [2.45, 2.75) is 19.8 Å². The van der Waals surface area contributed by atoms with Crippen molar-refractivity contribution in [1.82, 2.24) is 0 Å². The number of fused-ring (bicyclic) bond motifs is 1. The lowest BCUT2D eigenvalue weighted by Crippen LogP contribution is -2.00. The Morgan fingerprint density at radius 3 is 3.13 bits per heavy atom. The van der Waals surface area contributed by atoms with Crippen molar-refractivity contribution in [3.05, 3.63) is 23.8 Å². The van der Waals surface area contributed by atoms with Gasteiger partial charge in [0.25, 0.3) is 0 Å². The number of ether oxygens (including phenoxy) is 1. The van der Waals surface area contributed by atoms with Crippen molar-refractivity contribution in [1.29, 1.82) is 0 Å². The highest BCUT2D eigenvalue weighted by atomic mass is 16.5. The largest absolute Gasteiger partial charge is 0.494 e. The van der Waals surface area contributed by atoms with Crippen LogP contribution in [0, 0.1) is 0 Å². The number of rotatable bonds is 4. The Bertz CT molecular complexity index is 374. The molecule has 0 radical (unpaired) electrons. The summed E-state index contributed by atoms with van der Waals surface area (Å²) >= 11 is 0. The van der Waals surface area contributed by atoms with Gasteiger partial charge >= 0.3 is 0 Å². The average molecular weight is 205 g/mol. The van der Waals surface area contributed by atoms with Crippen molar-refractivity contribution in [2.24, 2.45) is 0 Å². The van der Waals surface area contributed by atoms with Crippen molar-refractivity contribution >= 4 is 11.5 Å². The van der Waals surface area contributed by atoms with E-state index in [0.29, 0.717) is 6.54 Å². The number of ketones is 1. The Morgan fingerprint density at radius 1 is 1.47 bits per heavy atom. The van der Waals surface area contributed by atoms with Crippen LogP contribution in [0.4, 0.5) is 5.69 Å². The van der Waals surface area contributed by atoms with E-state index in [2.05, 4.69) is 12.2 Å². The third-order valence-electron chi connectivity index (χ3n) is 2.50. The molecule has 0 aliphatic carbocycles. The van der Waals surface area contributed by atoms with Crippen LogP contribution in [0.25, 0.3) is 0 Å². The van der Waals surface area contributed by atoms with Gasteiger partial charge in [0.2, 0.25) is 0 Å². The minimum absolute atomic E-state index is 0.158. The first kappa shape index (κ1) is 10.0. The molecule has 0 fully saturated rings. The fraction of sp³-hybridized carbons (Fsp3) is 0.417. The molecule has 1 aromatic rings. The minimum Gasteiger partial charge on any atom is -0.494 e. The van der Waals surface area contributed by atoms with Crippen LogP contribution in [0.1, 0.15) is 30.1 Å². The van der Waals surface area contributed by atoms with E-state index in [-0.39, 0.29) is 5.78 Å². The number of hydrogen-bond donors (Lipinski definition) is 1. The summed E-state index contributed by atoms with van der Waals surface area (Å²) in [4.78, 5) is 11.3. The summed E-state index contributed by atoms with van der Waals surface area (Å²) in [6.07, 6.45) is 2.19. The summed E-state index contributed by atoms with van der Waals surface area (Å²) in [5.41, 5.74) is 1.67. The van der Waals surface area contributed by atoms with E-state index in [1.165, 1.54) is 0 Å². The summed E-state index contributed by atoms with van der Waals surface area (Å²) < 4.78 is 5.56. The van der Waals surface area contributed by atoms with E-state index in [0.717, 1.165) is 36.4 Å². The lowest BCUT2D eigenvalue weighted by molar-refractivity contribution is 0.101. The fourth-order valence-corrected chi connectivity index (χ4v) is 1.61. The highest BCUT2D eigenvalue weighted by molar-refractivity contribution is 6.08. The molecule has 80 valence electrons. The Morgan fingerprint density at radius 2 is 2.33 bits per heavy atom. The summed E-state index contributed by atoms with van der Waals surface area (Å²) in [5.74, 6) is 0.995. The molecule has 0 aromatic heterocycles. The molecule has 0 bridgehead atoms. The molecule has 3 nitrogen and oxygen atoms in total. The molecule has 0 spiro atoms. The number of unbranched alkanes of at least 4 members (excludes halogenated alkanes) is 1. The van der Waals surface area contributed by atoms with Crippen LogP contribution in [0.3, 0.4) is 0 Å². The number of carbonyl (C=O) groups excluding carboxylic acids is 1. The van der Waals surface area contributed by atoms with E-state index < -0.39 is 0 Å². The van der Waals surface area contributed by atoms with Crippen LogP contribution in [0.15, 0.2) is 18.2 Å². The first-order chi connectivity index (χ1) is 7.31. The van der Waals surface area contributed by atoms with E-state index in [1.807, 2.05) is 18.2 Å². The molecular formula is C12H15NO2. The van der Waals surface area contributed by atoms with Crippen LogP contribution in [0.2, 0.25) is 0 Å². The van der Waals surface area contributed by atoms with Crippen molar-refractivity contribution < 1.29 is 9.53 Å². The number of anilines is 1. The second-order valence-corrected chi connectivity index (χ2v) is 3.69. The van der Waals surface area contributed by atoms with Gasteiger partial charge in [-0.25, -0.2) is 0 Å². The Kier molecular flexibility index (Phi) is 2.90. The molecule has 0 unspecified atom stereocenters. The molecule has 0 saturated heterocycles. The van der Waals surface area contributed by atoms with E-state index in [9.17, 15) is 4.79 Å². The molecule has 0 amide bonds. The maximum Gasteiger partial charge on any atom is 0.183 e. The zero-order valence-corrected chi connectivity index (χ0v) is 8.88. The van der Waals surface area contributed by atoms with Gasteiger partial charge in [0, 0.05) is 17.3 Å². The normalized spacial score (nSPS) is 13.5. The minimum atomic E-state index is 0.158. The predicted octanol–water partition coefficient (Wildman–Crippen LogP) is 2.47. The van der Waals surface area contributed by atoms with Gasteiger partial charge in [-0.05, 0) is 18.6 Å². The Labute approximate surface area is 89.4 Å². The van der Waals surface area contributed by atoms with E-state index >= 15 is 0 Å². The molecule has 1 N–H and O–H groups in total. The number of benzene rings is 1. The molecule has 1 aliphatic rings. The quantitative estimate of drug-likeness (QED) is 0.767. The standard InChI is InChI=1S/C12H15NO2/c1-2-3-6-15-9-4-5-10-11(7-9)13-8-12(10)14/h4-5,7,13H,2-3,6,8H2,1H3. The van der Waals surface area contributed by atoms with Gasteiger partial charge in [-0.1, -0.05) is 13.3 Å². The molecule has 0 saturated carbocycles. The van der Waals surface area contributed by atoms with Crippen molar-refractivity contribution in [3.63, 3.8) is 0 Å². The van der Waals surface area contributed by atoms with Gasteiger partial charge < -0.3 is 10.1 Å². The summed E-state index contributed by atoms with van der Waals surface area (Å²) in [7, 11) is 0. The number of Topliss-reactive ketones (excluding diaryl/α,β-unsaturated/α-hetero) is 1. The van der Waals surface area contributed by atoms with E-state index in [1.54, 1.807) is 0 Å².